The monoisotopic (exact) mass is 272 g/mol. The largest absolute Gasteiger partial charge is 0.495 e. The first-order valence-corrected chi connectivity index (χ1v) is 7.08. The van der Waals surface area contributed by atoms with Crippen LogP contribution in [0.25, 0.3) is 0 Å². The van der Waals surface area contributed by atoms with Gasteiger partial charge in [0.15, 0.2) is 0 Å². The van der Waals surface area contributed by atoms with Crippen molar-refractivity contribution in [2.45, 2.75) is 37.8 Å². The molecule has 2 heterocycles. The van der Waals surface area contributed by atoms with Gasteiger partial charge in [0.2, 0.25) is 0 Å². The van der Waals surface area contributed by atoms with Gasteiger partial charge in [0.05, 0.1) is 12.8 Å². The fourth-order valence-electron chi connectivity index (χ4n) is 3.37. The molecule has 3 rings (SSSR count). The zero-order chi connectivity index (χ0) is 14.1. The number of hydrogen-bond donors (Lipinski definition) is 1. The predicted molar refractivity (Wildman–Crippen MR) is 79.0 cm³/mol. The second-order valence-corrected chi connectivity index (χ2v) is 5.58. The van der Waals surface area contributed by atoms with Crippen molar-refractivity contribution in [1.29, 1.82) is 0 Å². The zero-order valence-corrected chi connectivity index (χ0v) is 11.8. The van der Waals surface area contributed by atoms with Crippen LogP contribution in [0, 0.1) is 0 Å². The van der Waals surface area contributed by atoms with Crippen LogP contribution in [0.15, 0.2) is 36.4 Å². The molecule has 2 unspecified atom stereocenters. The normalized spacial score (nSPS) is 24.6. The smallest absolute Gasteiger partial charge is 0.322 e. The first-order valence-electron chi connectivity index (χ1n) is 7.08. The molecule has 20 heavy (non-hydrogen) atoms. The summed E-state index contributed by atoms with van der Waals surface area (Å²) in [6.45, 7) is 4.08. The van der Waals surface area contributed by atoms with E-state index in [9.17, 15) is 4.79 Å². The maximum atomic E-state index is 12.5. The molecule has 2 aliphatic rings. The molecule has 0 aromatic heterocycles. The third kappa shape index (κ3) is 2.26. The molecule has 2 fully saturated rings. The SMILES string of the molecule is C=C1CC2CCC(C1)N2C(=O)Nc1ccccc1OC. The van der Waals surface area contributed by atoms with Crippen molar-refractivity contribution in [1.82, 2.24) is 4.90 Å². The number of urea groups is 1. The number of para-hydroxylation sites is 2. The first-order chi connectivity index (χ1) is 9.69. The Balaban J connectivity index is 1.75. The van der Waals surface area contributed by atoms with Crippen molar-refractivity contribution in [2.75, 3.05) is 12.4 Å². The van der Waals surface area contributed by atoms with Crippen LogP contribution in [0.1, 0.15) is 25.7 Å². The molecular formula is C16H20N2O2. The van der Waals surface area contributed by atoms with Crippen LogP contribution in [0.3, 0.4) is 0 Å². The summed E-state index contributed by atoms with van der Waals surface area (Å²) < 4.78 is 5.27. The summed E-state index contributed by atoms with van der Waals surface area (Å²) >= 11 is 0. The van der Waals surface area contributed by atoms with Crippen LogP contribution >= 0.6 is 0 Å². The Kier molecular flexibility index (Phi) is 3.38. The third-order valence-corrected chi connectivity index (χ3v) is 4.25. The van der Waals surface area contributed by atoms with Crippen molar-refractivity contribution in [3.63, 3.8) is 0 Å². The van der Waals surface area contributed by atoms with Crippen LogP contribution in [-0.4, -0.2) is 30.1 Å². The summed E-state index contributed by atoms with van der Waals surface area (Å²) in [5.41, 5.74) is 2.00. The van der Waals surface area contributed by atoms with E-state index in [0.717, 1.165) is 31.4 Å². The second kappa shape index (κ2) is 5.19. The number of nitrogens with zero attached hydrogens (tertiary/aromatic N) is 1. The average Bonchev–Trinajstić information content (AvgIpc) is 2.72. The Hall–Kier alpha value is -1.97. The number of amides is 2. The van der Waals surface area contributed by atoms with E-state index >= 15 is 0 Å². The van der Waals surface area contributed by atoms with Gasteiger partial charge in [-0.1, -0.05) is 24.3 Å². The maximum absolute atomic E-state index is 12.5. The lowest BCUT2D eigenvalue weighted by Gasteiger charge is -2.35. The number of hydrogen-bond acceptors (Lipinski definition) is 2. The Morgan fingerprint density at radius 1 is 1.30 bits per heavy atom. The highest BCUT2D eigenvalue weighted by Crippen LogP contribution is 2.38. The van der Waals surface area contributed by atoms with Crippen molar-refractivity contribution >= 4 is 11.7 Å². The minimum absolute atomic E-state index is 0.0190. The Bertz CT molecular complexity index is 525. The maximum Gasteiger partial charge on any atom is 0.322 e. The van der Waals surface area contributed by atoms with E-state index in [1.807, 2.05) is 29.2 Å². The summed E-state index contributed by atoms with van der Waals surface area (Å²) in [5, 5.41) is 2.98. The molecule has 2 amide bonds. The first kappa shape index (κ1) is 13.0. The molecule has 1 N–H and O–H groups in total. The Morgan fingerprint density at radius 2 is 1.95 bits per heavy atom. The topological polar surface area (TPSA) is 41.6 Å². The number of ether oxygens (including phenoxy) is 1. The van der Waals surface area contributed by atoms with Crippen molar-refractivity contribution in [3.8, 4) is 5.75 Å². The van der Waals surface area contributed by atoms with Gasteiger partial charge in [0.1, 0.15) is 5.75 Å². The lowest BCUT2D eigenvalue weighted by Crippen LogP contribution is -2.46. The van der Waals surface area contributed by atoms with E-state index in [-0.39, 0.29) is 6.03 Å². The van der Waals surface area contributed by atoms with Crippen LogP contribution in [0.5, 0.6) is 5.75 Å². The van der Waals surface area contributed by atoms with Crippen LogP contribution in [-0.2, 0) is 0 Å². The number of anilines is 1. The van der Waals surface area contributed by atoms with Crippen molar-refractivity contribution in [2.24, 2.45) is 0 Å². The van der Waals surface area contributed by atoms with Gasteiger partial charge in [-0.3, -0.25) is 0 Å². The minimum Gasteiger partial charge on any atom is -0.495 e. The number of nitrogens with one attached hydrogen (secondary N) is 1. The molecule has 106 valence electrons. The van der Waals surface area contributed by atoms with Gasteiger partial charge in [-0.15, -0.1) is 0 Å². The summed E-state index contributed by atoms with van der Waals surface area (Å²) in [6.07, 6.45) is 4.05. The summed E-state index contributed by atoms with van der Waals surface area (Å²) in [4.78, 5) is 14.5. The molecular weight excluding hydrogens is 252 g/mol. The lowest BCUT2D eigenvalue weighted by molar-refractivity contribution is 0.174. The second-order valence-electron chi connectivity index (χ2n) is 5.58. The lowest BCUT2D eigenvalue weighted by atomic mass is 9.99. The summed E-state index contributed by atoms with van der Waals surface area (Å²) in [6, 6.07) is 8.11. The Morgan fingerprint density at radius 3 is 2.60 bits per heavy atom. The summed E-state index contributed by atoms with van der Waals surface area (Å²) in [5.74, 6) is 0.689. The van der Waals surface area contributed by atoms with E-state index in [4.69, 9.17) is 4.74 Å². The van der Waals surface area contributed by atoms with E-state index in [1.165, 1.54) is 5.57 Å². The van der Waals surface area contributed by atoms with Gasteiger partial charge in [0, 0.05) is 12.1 Å². The molecule has 4 heteroatoms. The minimum atomic E-state index is -0.0190. The number of benzene rings is 1. The zero-order valence-electron chi connectivity index (χ0n) is 11.8. The molecule has 2 atom stereocenters. The number of carbonyl (C=O) groups excluding carboxylic acids is 1. The highest BCUT2D eigenvalue weighted by atomic mass is 16.5. The van der Waals surface area contributed by atoms with Crippen molar-refractivity contribution in [3.05, 3.63) is 36.4 Å². The highest BCUT2D eigenvalue weighted by molar-refractivity contribution is 5.91. The van der Waals surface area contributed by atoms with Crippen LogP contribution in [0.2, 0.25) is 0 Å². The molecule has 2 aliphatic heterocycles. The number of methoxy groups -OCH3 is 1. The fourth-order valence-corrected chi connectivity index (χ4v) is 3.37. The molecule has 0 radical (unpaired) electrons. The van der Waals surface area contributed by atoms with Gasteiger partial charge >= 0.3 is 6.03 Å². The molecule has 2 bridgehead atoms. The molecule has 0 aliphatic carbocycles. The van der Waals surface area contributed by atoms with Crippen LogP contribution < -0.4 is 10.1 Å². The van der Waals surface area contributed by atoms with Crippen LogP contribution in [0.4, 0.5) is 10.5 Å². The molecule has 4 nitrogen and oxygen atoms in total. The van der Waals surface area contributed by atoms with E-state index in [2.05, 4.69) is 11.9 Å². The van der Waals surface area contributed by atoms with Gasteiger partial charge in [-0.2, -0.15) is 0 Å². The fraction of sp³-hybridized carbons (Fsp3) is 0.438. The molecule has 1 aromatic carbocycles. The van der Waals surface area contributed by atoms with Gasteiger partial charge < -0.3 is 15.0 Å². The third-order valence-electron chi connectivity index (χ3n) is 4.25. The number of piperidine rings is 1. The molecule has 2 saturated heterocycles. The summed E-state index contributed by atoms with van der Waals surface area (Å²) in [7, 11) is 1.61. The number of fused-ring (bicyclic) bond motifs is 2. The van der Waals surface area contributed by atoms with Crippen molar-refractivity contribution < 1.29 is 9.53 Å². The van der Waals surface area contributed by atoms with E-state index in [0.29, 0.717) is 17.8 Å². The van der Waals surface area contributed by atoms with E-state index < -0.39 is 0 Å². The highest BCUT2D eigenvalue weighted by Gasteiger charge is 2.40. The molecule has 1 aromatic rings. The number of carbonyl (C=O) groups is 1. The average molecular weight is 272 g/mol. The van der Waals surface area contributed by atoms with E-state index in [1.54, 1.807) is 7.11 Å². The predicted octanol–water partition coefficient (Wildman–Crippen LogP) is 3.41. The van der Waals surface area contributed by atoms with Gasteiger partial charge in [0.25, 0.3) is 0 Å². The van der Waals surface area contributed by atoms with Gasteiger partial charge in [-0.25, -0.2) is 4.79 Å². The number of rotatable bonds is 2. The van der Waals surface area contributed by atoms with Gasteiger partial charge in [-0.05, 0) is 37.8 Å². The molecule has 0 saturated carbocycles. The standard InChI is InChI=1S/C16H20N2O2/c1-11-9-12-7-8-13(10-11)18(12)16(19)17-14-5-3-4-6-15(14)20-2/h3-6,12-13H,1,7-10H2,2H3,(H,17,19). The Labute approximate surface area is 119 Å². The quantitative estimate of drug-likeness (QED) is 0.838. The molecule has 0 spiro atoms.